The molecule has 0 spiro atoms. The molecule has 2 heterocycles. The summed E-state index contributed by atoms with van der Waals surface area (Å²) in [7, 11) is 1.50. The van der Waals surface area contributed by atoms with Crippen LogP contribution in [0.2, 0.25) is 5.02 Å². The summed E-state index contributed by atoms with van der Waals surface area (Å²) in [6, 6.07) is 5.48. The first-order valence-electron chi connectivity index (χ1n) is 8.78. The summed E-state index contributed by atoms with van der Waals surface area (Å²) in [6.45, 7) is 0. The summed E-state index contributed by atoms with van der Waals surface area (Å²) >= 11 is 6.83. The van der Waals surface area contributed by atoms with Crippen LogP contribution >= 0.6 is 23.4 Å². The number of anilines is 2. The van der Waals surface area contributed by atoms with Gasteiger partial charge in [0.25, 0.3) is 5.91 Å². The maximum absolute atomic E-state index is 12.9. The molecule has 0 aliphatic carbocycles. The molecule has 2 aromatic heterocycles. The van der Waals surface area contributed by atoms with Crippen LogP contribution < -0.4 is 16.0 Å². The van der Waals surface area contributed by atoms with Gasteiger partial charge in [0.15, 0.2) is 0 Å². The molecule has 0 aliphatic heterocycles. The van der Waals surface area contributed by atoms with E-state index >= 15 is 0 Å². The van der Waals surface area contributed by atoms with E-state index in [1.807, 2.05) is 0 Å². The molecule has 0 unspecified atom stereocenters. The van der Waals surface area contributed by atoms with Gasteiger partial charge in [-0.3, -0.25) is 15.1 Å². The zero-order valence-corrected chi connectivity index (χ0v) is 17.8. The fourth-order valence-electron chi connectivity index (χ4n) is 2.38. The van der Waals surface area contributed by atoms with Crippen LogP contribution in [0, 0.1) is 0 Å². The van der Waals surface area contributed by atoms with Crippen molar-refractivity contribution in [2.75, 3.05) is 17.7 Å². The Morgan fingerprint density at radius 1 is 1.00 bits per heavy atom. The maximum Gasteiger partial charge on any atom is 0.417 e. The number of rotatable bonds is 5. The molecule has 0 bridgehead atoms. The van der Waals surface area contributed by atoms with Crippen LogP contribution in [0.25, 0.3) is 0 Å². The Bertz CT molecular complexity index is 1140. The highest BCUT2D eigenvalue weighted by molar-refractivity contribution is 7.99. The predicted molar refractivity (Wildman–Crippen MR) is 113 cm³/mol. The summed E-state index contributed by atoms with van der Waals surface area (Å²) in [5.41, 5.74) is -0.912. The van der Waals surface area contributed by atoms with Crippen LogP contribution in [-0.4, -0.2) is 33.9 Å². The van der Waals surface area contributed by atoms with Crippen molar-refractivity contribution in [2.45, 2.75) is 16.0 Å². The van der Waals surface area contributed by atoms with Gasteiger partial charge in [-0.15, -0.1) is 0 Å². The molecule has 1 aromatic carbocycles. The van der Waals surface area contributed by atoms with E-state index < -0.39 is 22.8 Å². The third-order valence-corrected chi connectivity index (χ3v) is 5.08. The lowest BCUT2D eigenvalue weighted by Crippen LogP contribution is -2.21. The van der Waals surface area contributed by atoms with Crippen molar-refractivity contribution in [3.05, 3.63) is 65.2 Å². The van der Waals surface area contributed by atoms with E-state index in [1.54, 1.807) is 12.1 Å². The SMILES string of the molecule is CNC(=O)c1cc(Sc2cnc(NC(=O)Nc3ccc(Cl)c(C(F)(F)F)c3)nc2)ccn1. The molecular weight excluding hydrogens is 469 g/mol. The summed E-state index contributed by atoms with van der Waals surface area (Å²) in [5, 5.41) is 6.60. The van der Waals surface area contributed by atoms with Crippen molar-refractivity contribution in [1.29, 1.82) is 0 Å². The number of amides is 3. The molecule has 0 fully saturated rings. The molecule has 166 valence electrons. The summed E-state index contributed by atoms with van der Waals surface area (Å²) < 4.78 is 38.8. The fraction of sp³-hybridized carbons (Fsp3) is 0.105. The van der Waals surface area contributed by atoms with Crippen LogP contribution in [0.1, 0.15) is 16.1 Å². The normalized spacial score (nSPS) is 11.0. The summed E-state index contributed by atoms with van der Waals surface area (Å²) in [4.78, 5) is 37.1. The molecule has 0 saturated carbocycles. The molecule has 0 radical (unpaired) electrons. The van der Waals surface area contributed by atoms with Gasteiger partial charge in [-0.25, -0.2) is 14.8 Å². The Balaban J connectivity index is 1.62. The average molecular weight is 483 g/mol. The van der Waals surface area contributed by atoms with Gasteiger partial charge in [0.05, 0.1) is 10.6 Å². The lowest BCUT2D eigenvalue weighted by Gasteiger charge is -2.12. The van der Waals surface area contributed by atoms with E-state index in [4.69, 9.17) is 11.6 Å². The molecule has 3 amide bonds. The molecule has 0 aliphatic rings. The standard InChI is InChI=1S/C19H14ClF3N6O2S/c1-24-16(30)15-7-11(4-5-25-15)32-12-8-26-17(27-9-12)29-18(31)28-10-2-3-14(20)13(6-10)19(21,22)23/h2-9H,1H3,(H,24,30)(H2,26,27,28,29,31). The minimum Gasteiger partial charge on any atom is -0.354 e. The second-order valence-electron chi connectivity index (χ2n) is 6.07. The second kappa shape index (κ2) is 9.83. The van der Waals surface area contributed by atoms with Crippen LogP contribution in [0.15, 0.2) is 58.7 Å². The molecule has 3 rings (SSSR count). The van der Waals surface area contributed by atoms with Crippen molar-refractivity contribution in [2.24, 2.45) is 0 Å². The highest BCUT2D eigenvalue weighted by atomic mass is 35.5. The van der Waals surface area contributed by atoms with Gasteiger partial charge in [-0.1, -0.05) is 23.4 Å². The zero-order chi connectivity index (χ0) is 23.3. The van der Waals surface area contributed by atoms with Gasteiger partial charge in [-0.05, 0) is 30.3 Å². The number of hydrogen-bond donors (Lipinski definition) is 3. The quantitative estimate of drug-likeness (QED) is 0.486. The van der Waals surface area contributed by atoms with Crippen molar-refractivity contribution in [1.82, 2.24) is 20.3 Å². The Morgan fingerprint density at radius 3 is 2.38 bits per heavy atom. The van der Waals surface area contributed by atoms with Gasteiger partial charge in [-0.2, -0.15) is 13.2 Å². The number of aromatic nitrogens is 3. The van der Waals surface area contributed by atoms with E-state index in [2.05, 4.69) is 30.9 Å². The van der Waals surface area contributed by atoms with Crippen molar-refractivity contribution in [3.63, 3.8) is 0 Å². The summed E-state index contributed by atoms with van der Waals surface area (Å²) in [5.74, 6) is -0.380. The topological polar surface area (TPSA) is 109 Å². The van der Waals surface area contributed by atoms with E-state index in [0.29, 0.717) is 4.90 Å². The van der Waals surface area contributed by atoms with E-state index in [1.165, 1.54) is 43.5 Å². The lowest BCUT2D eigenvalue weighted by atomic mass is 10.2. The van der Waals surface area contributed by atoms with E-state index in [0.717, 1.165) is 17.0 Å². The van der Waals surface area contributed by atoms with Crippen molar-refractivity contribution >= 4 is 46.9 Å². The number of nitrogens with zero attached hydrogens (tertiary/aromatic N) is 3. The van der Waals surface area contributed by atoms with E-state index in [9.17, 15) is 22.8 Å². The predicted octanol–water partition coefficient (Wildman–Crippen LogP) is 4.70. The van der Waals surface area contributed by atoms with Crippen LogP contribution in [-0.2, 0) is 6.18 Å². The zero-order valence-electron chi connectivity index (χ0n) is 16.2. The van der Waals surface area contributed by atoms with Crippen LogP contribution in [0.3, 0.4) is 0 Å². The largest absolute Gasteiger partial charge is 0.417 e. The number of carbonyl (C=O) groups is 2. The first-order chi connectivity index (χ1) is 15.2. The molecule has 0 atom stereocenters. The Kier molecular flexibility index (Phi) is 7.15. The molecule has 3 N–H and O–H groups in total. The highest BCUT2D eigenvalue weighted by Crippen LogP contribution is 2.36. The number of alkyl halides is 3. The molecule has 13 heteroatoms. The number of halogens is 4. The number of carbonyl (C=O) groups excluding carboxylic acids is 2. The first-order valence-corrected chi connectivity index (χ1v) is 9.98. The molecule has 0 saturated heterocycles. The fourth-order valence-corrected chi connectivity index (χ4v) is 3.39. The van der Waals surface area contributed by atoms with Gasteiger partial charge >= 0.3 is 12.2 Å². The number of hydrogen-bond acceptors (Lipinski definition) is 6. The highest BCUT2D eigenvalue weighted by Gasteiger charge is 2.33. The first kappa shape index (κ1) is 23.3. The molecule has 32 heavy (non-hydrogen) atoms. The number of pyridine rings is 1. The average Bonchev–Trinajstić information content (AvgIpc) is 2.75. The van der Waals surface area contributed by atoms with Crippen molar-refractivity contribution in [3.8, 4) is 0 Å². The number of urea groups is 1. The maximum atomic E-state index is 12.9. The third kappa shape index (κ3) is 6.08. The number of nitrogens with one attached hydrogen (secondary N) is 3. The van der Waals surface area contributed by atoms with Gasteiger partial charge in [0.2, 0.25) is 5.95 Å². The minimum atomic E-state index is -4.65. The Hall–Kier alpha value is -3.38. The summed E-state index contributed by atoms with van der Waals surface area (Å²) in [6.07, 6.45) is -0.276. The van der Waals surface area contributed by atoms with Gasteiger partial charge in [0.1, 0.15) is 5.69 Å². The Morgan fingerprint density at radius 2 is 1.72 bits per heavy atom. The minimum absolute atomic E-state index is 0.0577. The monoisotopic (exact) mass is 482 g/mol. The molecular formula is C19H14ClF3N6O2S. The van der Waals surface area contributed by atoms with Crippen LogP contribution in [0.4, 0.5) is 29.6 Å². The number of benzene rings is 1. The lowest BCUT2D eigenvalue weighted by molar-refractivity contribution is -0.137. The third-order valence-electron chi connectivity index (χ3n) is 3.81. The van der Waals surface area contributed by atoms with Crippen molar-refractivity contribution < 1.29 is 22.8 Å². The second-order valence-corrected chi connectivity index (χ2v) is 7.63. The molecule has 8 nitrogen and oxygen atoms in total. The van der Waals surface area contributed by atoms with E-state index in [-0.39, 0.29) is 23.2 Å². The Labute approximate surface area is 189 Å². The van der Waals surface area contributed by atoms with Crippen LogP contribution in [0.5, 0.6) is 0 Å². The smallest absolute Gasteiger partial charge is 0.354 e. The molecule has 3 aromatic rings. The van der Waals surface area contributed by atoms with Gasteiger partial charge in [0, 0.05) is 41.1 Å². The van der Waals surface area contributed by atoms with Gasteiger partial charge < -0.3 is 10.6 Å².